The van der Waals surface area contributed by atoms with E-state index < -0.39 is 11.7 Å². The lowest BCUT2D eigenvalue weighted by Crippen LogP contribution is -2.35. The molecule has 0 aliphatic rings. The molecule has 3 N–H and O–H groups in total. The van der Waals surface area contributed by atoms with Crippen molar-refractivity contribution in [1.82, 2.24) is 10.6 Å². The maximum absolute atomic E-state index is 12.0. The van der Waals surface area contributed by atoms with Crippen LogP contribution in [-0.4, -0.2) is 30.1 Å². The van der Waals surface area contributed by atoms with Gasteiger partial charge in [0, 0.05) is 30.1 Å². The first-order valence-electron chi connectivity index (χ1n) is 9.36. The molecule has 1 aromatic heterocycles. The van der Waals surface area contributed by atoms with E-state index in [1.165, 1.54) is 0 Å². The third kappa shape index (κ3) is 9.25. The predicted molar refractivity (Wildman–Crippen MR) is 114 cm³/mol. The zero-order valence-corrected chi connectivity index (χ0v) is 17.7. The van der Waals surface area contributed by atoms with Crippen LogP contribution in [0.3, 0.4) is 0 Å². The van der Waals surface area contributed by atoms with Crippen molar-refractivity contribution in [3.8, 4) is 0 Å². The summed E-state index contributed by atoms with van der Waals surface area (Å²) in [7, 11) is 0. The van der Waals surface area contributed by atoms with Gasteiger partial charge in [-0.25, -0.2) is 4.79 Å². The molecule has 0 fully saturated rings. The molecule has 2 rings (SSSR count). The zero-order valence-electron chi connectivity index (χ0n) is 16.9. The summed E-state index contributed by atoms with van der Waals surface area (Å²) in [6.45, 7) is 5.91. The summed E-state index contributed by atoms with van der Waals surface area (Å²) in [5, 5.41) is 10.1. The van der Waals surface area contributed by atoms with Crippen LogP contribution < -0.4 is 16.0 Å². The number of benzene rings is 1. The van der Waals surface area contributed by atoms with Crippen molar-refractivity contribution in [2.45, 2.75) is 45.8 Å². The Morgan fingerprint density at radius 2 is 1.72 bits per heavy atom. The van der Waals surface area contributed by atoms with Gasteiger partial charge in [-0.3, -0.25) is 9.59 Å². The van der Waals surface area contributed by atoms with Crippen molar-refractivity contribution in [3.05, 3.63) is 52.2 Å². The lowest BCUT2D eigenvalue weighted by molar-refractivity contribution is -0.121. The Bertz CT molecular complexity index is 811. The number of carbonyl (C=O) groups is 3. The van der Waals surface area contributed by atoms with Crippen LogP contribution in [0.2, 0.25) is 0 Å². The summed E-state index contributed by atoms with van der Waals surface area (Å²) in [6, 6.07) is 11.2. The van der Waals surface area contributed by atoms with Crippen LogP contribution in [0.25, 0.3) is 0 Å². The van der Waals surface area contributed by atoms with E-state index in [2.05, 4.69) is 16.0 Å². The van der Waals surface area contributed by atoms with Crippen molar-refractivity contribution in [3.63, 3.8) is 0 Å². The van der Waals surface area contributed by atoms with E-state index in [-0.39, 0.29) is 24.8 Å². The highest BCUT2D eigenvalue weighted by atomic mass is 32.1. The molecule has 0 radical (unpaired) electrons. The second-order valence-corrected chi connectivity index (χ2v) is 8.49. The van der Waals surface area contributed by atoms with Crippen molar-refractivity contribution in [1.29, 1.82) is 0 Å². The first-order chi connectivity index (χ1) is 13.7. The highest BCUT2D eigenvalue weighted by molar-refractivity contribution is 7.10. The Balaban J connectivity index is 1.66. The zero-order chi connectivity index (χ0) is 21.3. The smallest absolute Gasteiger partial charge is 0.407 e. The van der Waals surface area contributed by atoms with E-state index in [9.17, 15) is 14.4 Å². The normalized spacial score (nSPS) is 10.9. The van der Waals surface area contributed by atoms with Gasteiger partial charge in [0.05, 0.1) is 6.42 Å². The molecule has 0 saturated carbocycles. The van der Waals surface area contributed by atoms with E-state index in [0.29, 0.717) is 18.7 Å². The fourth-order valence-electron chi connectivity index (χ4n) is 2.36. The summed E-state index contributed by atoms with van der Waals surface area (Å²) in [5.74, 6) is -0.236. The van der Waals surface area contributed by atoms with Crippen LogP contribution >= 0.6 is 11.3 Å². The Morgan fingerprint density at radius 1 is 1.00 bits per heavy atom. The van der Waals surface area contributed by atoms with E-state index in [4.69, 9.17) is 4.74 Å². The quantitative estimate of drug-likeness (QED) is 0.613. The van der Waals surface area contributed by atoms with Crippen LogP contribution in [0.5, 0.6) is 0 Å². The Hall–Kier alpha value is -2.87. The van der Waals surface area contributed by atoms with Gasteiger partial charge >= 0.3 is 6.09 Å². The van der Waals surface area contributed by atoms with Gasteiger partial charge in [0.2, 0.25) is 11.8 Å². The maximum Gasteiger partial charge on any atom is 0.407 e. The minimum atomic E-state index is -0.568. The van der Waals surface area contributed by atoms with Gasteiger partial charge in [0.15, 0.2) is 0 Å². The molecular weight excluding hydrogens is 390 g/mol. The second-order valence-electron chi connectivity index (χ2n) is 7.46. The molecule has 7 nitrogen and oxygen atoms in total. The Morgan fingerprint density at radius 3 is 2.34 bits per heavy atom. The fraction of sp³-hybridized carbons (Fsp3) is 0.381. The number of rotatable bonds is 8. The lowest BCUT2D eigenvalue weighted by atomic mass is 10.2. The number of amides is 3. The summed E-state index contributed by atoms with van der Waals surface area (Å²) < 4.78 is 5.11. The van der Waals surface area contributed by atoms with Crippen molar-refractivity contribution in [2.75, 3.05) is 11.9 Å². The largest absolute Gasteiger partial charge is 0.444 e. The van der Waals surface area contributed by atoms with Gasteiger partial charge in [-0.2, -0.15) is 0 Å². The summed E-state index contributed by atoms with van der Waals surface area (Å²) >= 11 is 1.55. The molecule has 0 saturated heterocycles. The first kappa shape index (κ1) is 22.4. The van der Waals surface area contributed by atoms with E-state index in [1.807, 2.05) is 29.6 Å². The molecule has 0 unspecified atom stereocenters. The Labute approximate surface area is 174 Å². The van der Waals surface area contributed by atoms with Crippen molar-refractivity contribution >= 4 is 34.9 Å². The van der Waals surface area contributed by atoms with Crippen molar-refractivity contribution < 1.29 is 19.1 Å². The number of thiophene rings is 1. The molecule has 29 heavy (non-hydrogen) atoms. The topological polar surface area (TPSA) is 96.5 Å². The van der Waals surface area contributed by atoms with Gasteiger partial charge < -0.3 is 20.7 Å². The predicted octanol–water partition coefficient (Wildman–Crippen LogP) is 3.46. The standard InChI is InChI=1S/C21H27N3O4S/c1-21(2,3)28-20(27)22-11-10-18(25)23-14-15-6-8-16(9-7-15)24-19(26)13-17-5-4-12-29-17/h4-9,12H,10-11,13-14H2,1-3H3,(H,22,27)(H,23,25)(H,24,26). The van der Waals surface area contributed by atoms with Crippen LogP contribution in [0, 0.1) is 0 Å². The lowest BCUT2D eigenvalue weighted by Gasteiger charge is -2.19. The SMILES string of the molecule is CC(C)(C)OC(=O)NCCC(=O)NCc1ccc(NC(=O)Cc2cccs2)cc1. The monoisotopic (exact) mass is 417 g/mol. The molecule has 1 heterocycles. The number of nitrogens with one attached hydrogen (secondary N) is 3. The minimum absolute atomic E-state index is 0.0639. The molecule has 3 amide bonds. The minimum Gasteiger partial charge on any atom is -0.444 e. The second kappa shape index (κ2) is 10.6. The first-order valence-corrected chi connectivity index (χ1v) is 10.2. The van der Waals surface area contributed by atoms with Gasteiger partial charge in [-0.1, -0.05) is 18.2 Å². The van der Waals surface area contributed by atoms with Gasteiger partial charge in [-0.05, 0) is 49.9 Å². The Kier molecular flexibility index (Phi) is 8.21. The van der Waals surface area contributed by atoms with Crippen LogP contribution in [0.4, 0.5) is 10.5 Å². The van der Waals surface area contributed by atoms with E-state index in [0.717, 1.165) is 10.4 Å². The van der Waals surface area contributed by atoms with Crippen LogP contribution in [-0.2, 0) is 27.3 Å². The average Bonchev–Trinajstić information content (AvgIpc) is 3.12. The number of hydrogen-bond donors (Lipinski definition) is 3. The van der Waals surface area contributed by atoms with Gasteiger partial charge in [0.25, 0.3) is 0 Å². The average molecular weight is 418 g/mol. The number of anilines is 1. The van der Waals surface area contributed by atoms with E-state index >= 15 is 0 Å². The van der Waals surface area contributed by atoms with Gasteiger partial charge in [-0.15, -0.1) is 11.3 Å². The number of hydrogen-bond acceptors (Lipinski definition) is 5. The van der Waals surface area contributed by atoms with Gasteiger partial charge in [0.1, 0.15) is 5.60 Å². The highest BCUT2D eigenvalue weighted by Gasteiger charge is 2.15. The number of carbonyl (C=O) groups excluding carboxylic acids is 3. The van der Waals surface area contributed by atoms with Crippen LogP contribution in [0.1, 0.15) is 37.6 Å². The summed E-state index contributed by atoms with van der Waals surface area (Å²) in [5.41, 5.74) is 1.06. The molecule has 156 valence electrons. The molecule has 0 bridgehead atoms. The van der Waals surface area contributed by atoms with Crippen molar-refractivity contribution in [2.24, 2.45) is 0 Å². The molecule has 0 aliphatic heterocycles. The molecule has 0 aliphatic carbocycles. The summed E-state index contributed by atoms with van der Waals surface area (Å²) in [4.78, 5) is 36.4. The fourth-order valence-corrected chi connectivity index (χ4v) is 3.07. The van der Waals surface area contributed by atoms with Crippen LogP contribution in [0.15, 0.2) is 41.8 Å². The summed E-state index contributed by atoms with van der Waals surface area (Å²) in [6.07, 6.45) is -0.0230. The molecule has 0 spiro atoms. The number of ether oxygens (including phenoxy) is 1. The third-order valence-corrected chi connectivity index (χ3v) is 4.54. The highest BCUT2D eigenvalue weighted by Crippen LogP contribution is 2.13. The molecule has 8 heteroatoms. The molecule has 0 atom stereocenters. The molecular formula is C21H27N3O4S. The maximum atomic E-state index is 12.0. The molecule has 1 aromatic carbocycles. The third-order valence-electron chi connectivity index (χ3n) is 3.66. The molecule has 2 aromatic rings. The van der Waals surface area contributed by atoms with E-state index in [1.54, 1.807) is 44.2 Å². The number of alkyl carbamates (subject to hydrolysis) is 1.